The number of rotatable bonds is 1. The van der Waals surface area contributed by atoms with E-state index in [2.05, 4.69) is 17.1 Å². The molecule has 2 rings (SSSR count). The first-order valence-corrected chi connectivity index (χ1v) is 4.10. The van der Waals surface area contributed by atoms with Crippen molar-refractivity contribution in [3.8, 4) is 0 Å². The Hall–Kier alpha value is -1.16. The summed E-state index contributed by atoms with van der Waals surface area (Å²) >= 11 is 0. The third-order valence-corrected chi connectivity index (χ3v) is 2.36. The molecule has 1 aliphatic carbocycles. The smallest absolute Gasteiger partial charge is 0.317 e. The van der Waals surface area contributed by atoms with Crippen LogP contribution in [-0.4, -0.2) is 23.9 Å². The van der Waals surface area contributed by atoms with Crippen LogP contribution in [0.4, 0.5) is 0 Å². The number of carboxylic acid groups (broad SMARTS) is 1. The van der Waals surface area contributed by atoms with Crippen molar-refractivity contribution >= 4 is 11.7 Å². The molecule has 1 aliphatic heterocycles. The first kappa shape index (κ1) is 7.49. The van der Waals surface area contributed by atoms with Gasteiger partial charge in [-0.1, -0.05) is 12.2 Å². The molecule has 0 radical (unpaired) electrons. The largest absolute Gasteiger partial charge is 0.539 e. The standard InChI is InChI=1S/C8H10N2O2/c11-8(12)7-9-5-3-1-2-4-6(5)10-7/h1-2,5,7,9H,3-4H2,(H,11,12)/p+1/t5-,7-/m1/s1. The van der Waals surface area contributed by atoms with Gasteiger partial charge in [-0.2, -0.15) is 4.99 Å². The second kappa shape index (κ2) is 2.71. The Bertz CT molecular complexity index is 270. The zero-order valence-corrected chi connectivity index (χ0v) is 6.62. The normalized spacial score (nSPS) is 32.8. The van der Waals surface area contributed by atoms with Crippen LogP contribution in [0.1, 0.15) is 12.8 Å². The van der Waals surface area contributed by atoms with Gasteiger partial charge in [-0.25, -0.2) is 0 Å². The van der Waals surface area contributed by atoms with Gasteiger partial charge in [-0.15, -0.1) is 0 Å². The van der Waals surface area contributed by atoms with Gasteiger partial charge in [0.25, 0.3) is 0 Å². The fourth-order valence-electron chi connectivity index (χ4n) is 1.73. The molecule has 64 valence electrons. The molecule has 4 heteroatoms. The van der Waals surface area contributed by atoms with Crippen molar-refractivity contribution in [2.75, 3.05) is 0 Å². The molecule has 0 aromatic rings. The molecule has 0 aromatic carbocycles. The molecule has 0 saturated carbocycles. The molecular formula is C8H11N2O2+. The molecule has 0 aromatic heterocycles. The summed E-state index contributed by atoms with van der Waals surface area (Å²) in [7, 11) is 0. The summed E-state index contributed by atoms with van der Waals surface area (Å²) in [5.74, 6) is -1.03. The fraction of sp³-hybridized carbons (Fsp3) is 0.500. The Morgan fingerprint density at radius 1 is 1.67 bits per heavy atom. The minimum atomic E-state index is -1.03. The van der Waals surface area contributed by atoms with Crippen LogP contribution in [0.15, 0.2) is 12.2 Å². The lowest BCUT2D eigenvalue weighted by atomic mass is 10.0. The summed E-state index contributed by atoms with van der Waals surface area (Å²) in [6, 6.07) is 0.304. The summed E-state index contributed by atoms with van der Waals surface area (Å²) in [4.78, 5) is 13.4. The Morgan fingerprint density at radius 3 is 3.17 bits per heavy atom. The van der Waals surface area contributed by atoms with E-state index in [-0.39, 0.29) is 0 Å². The quantitative estimate of drug-likeness (QED) is 0.389. The molecular weight excluding hydrogens is 156 g/mol. The number of nitrogens with two attached hydrogens (primary N) is 1. The maximum atomic E-state index is 10.5. The summed E-state index contributed by atoms with van der Waals surface area (Å²) in [6.45, 7) is 0. The lowest BCUT2D eigenvalue weighted by Crippen LogP contribution is -3.05. The molecule has 0 fully saturated rings. The van der Waals surface area contributed by atoms with E-state index in [0.717, 1.165) is 18.6 Å². The van der Waals surface area contributed by atoms with Crippen LogP contribution in [0.5, 0.6) is 0 Å². The fourth-order valence-corrected chi connectivity index (χ4v) is 1.73. The van der Waals surface area contributed by atoms with E-state index in [1.165, 1.54) is 0 Å². The van der Waals surface area contributed by atoms with Crippen molar-refractivity contribution in [1.29, 1.82) is 0 Å². The number of nitrogens with one attached hydrogen (secondary N) is 1. The highest BCUT2D eigenvalue weighted by Crippen LogP contribution is 2.03. The van der Waals surface area contributed by atoms with Gasteiger partial charge in [0.1, 0.15) is 0 Å². The van der Waals surface area contributed by atoms with Crippen LogP contribution in [0, 0.1) is 0 Å². The average molecular weight is 167 g/mol. The molecule has 3 N–H and O–H groups in total. The predicted molar refractivity (Wildman–Crippen MR) is 38.9 cm³/mol. The monoisotopic (exact) mass is 167 g/mol. The maximum absolute atomic E-state index is 10.5. The van der Waals surface area contributed by atoms with Gasteiger partial charge < -0.3 is 9.90 Å². The molecule has 0 bridgehead atoms. The van der Waals surface area contributed by atoms with E-state index >= 15 is 0 Å². The van der Waals surface area contributed by atoms with Crippen molar-refractivity contribution in [1.82, 2.24) is 0 Å². The first-order valence-electron chi connectivity index (χ1n) is 4.10. The number of aliphatic carboxylic acids is 1. The van der Waals surface area contributed by atoms with E-state index in [1.54, 1.807) is 0 Å². The van der Waals surface area contributed by atoms with E-state index in [1.807, 2.05) is 5.32 Å². The molecule has 0 amide bonds. The highest BCUT2D eigenvalue weighted by atomic mass is 16.4. The molecule has 4 nitrogen and oxygen atoms in total. The average Bonchev–Trinajstić information content (AvgIpc) is 2.46. The second-order valence-electron chi connectivity index (χ2n) is 3.18. The van der Waals surface area contributed by atoms with Gasteiger partial charge in [0.15, 0.2) is 12.0 Å². The summed E-state index contributed by atoms with van der Waals surface area (Å²) in [5, 5.41) is 12.3. The number of carboxylic acids is 1. The second-order valence-corrected chi connectivity index (χ2v) is 3.18. The van der Waals surface area contributed by atoms with Crippen LogP contribution in [0.2, 0.25) is 0 Å². The van der Waals surface area contributed by atoms with Gasteiger partial charge in [-0.3, -0.25) is 5.32 Å². The third kappa shape index (κ3) is 1.14. The van der Waals surface area contributed by atoms with Gasteiger partial charge in [0, 0.05) is 6.42 Å². The topological polar surface area (TPSA) is 70.7 Å². The van der Waals surface area contributed by atoms with Crippen LogP contribution in [-0.2, 0) is 4.79 Å². The molecule has 1 heterocycles. The SMILES string of the molecule is O=C([O-])[C@H]1[NH+]=C2CC=CC[C@H]2[NH2+]1. The molecule has 2 aliphatic rings. The minimum absolute atomic E-state index is 0.304. The van der Waals surface area contributed by atoms with Gasteiger partial charge in [-0.05, 0) is 0 Å². The summed E-state index contributed by atoms with van der Waals surface area (Å²) < 4.78 is 0. The predicted octanol–water partition coefficient (Wildman–Crippen LogP) is -4.12. The number of allylic oxidation sites excluding steroid dienone is 1. The molecule has 0 saturated heterocycles. The van der Waals surface area contributed by atoms with Crippen LogP contribution >= 0.6 is 0 Å². The number of carbonyl (C=O) groups excluding carboxylic acids is 1. The van der Waals surface area contributed by atoms with Crippen molar-refractivity contribution in [3.05, 3.63) is 12.2 Å². The third-order valence-electron chi connectivity index (χ3n) is 2.36. The zero-order chi connectivity index (χ0) is 8.55. The zero-order valence-electron chi connectivity index (χ0n) is 6.62. The van der Waals surface area contributed by atoms with E-state index in [0.29, 0.717) is 6.04 Å². The number of quaternary nitrogens is 1. The Balaban J connectivity index is 2.14. The highest BCUT2D eigenvalue weighted by molar-refractivity contribution is 5.87. The first-order chi connectivity index (χ1) is 5.77. The number of hydrogen-bond acceptors (Lipinski definition) is 2. The lowest BCUT2D eigenvalue weighted by molar-refractivity contribution is -0.804. The summed E-state index contributed by atoms with van der Waals surface area (Å²) in [6.07, 6.45) is 5.34. The number of fused-ring (bicyclic) bond motifs is 1. The number of hydrogen-bond donors (Lipinski definition) is 2. The lowest BCUT2D eigenvalue weighted by Gasteiger charge is -2.07. The molecule has 2 atom stereocenters. The van der Waals surface area contributed by atoms with Crippen molar-refractivity contribution in [2.45, 2.75) is 25.0 Å². The van der Waals surface area contributed by atoms with Crippen molar-refractivity contribution in [3.63, 3.8) is 0 Å². The van der Waals surface area contributed by atoms with Crippen LogP contribution in [0.3, 0.4) is 0 Å². The Morgan fingerprint density at radius 2 is 2.50 bits per heavy atom. The molecule has 0 spiro atoms. The maximum Gasteiger partial charge on any atom is 0.317 e. The van der Waals surface area contributed by atoms with E-state index in [4.69, 9.17) is 0 Å². The van der Waals surface area contributed by atoms with Gasteiger partial charge >= 0.3 is 6.17 Å². The van der Waals surface area contributed by atoms with Crippen LogP contribution < -0.4 is 15.4 Å². The van der Waals surface area contributed by atoms with Crippen molar-refractivity contribution < 1.29 is 20.2 Å². The van der Waals surface area contributed by atoms with E-state index in [9.17, 15) is 9.90 Å². The van der Waals surface area contributed by atoms with E-state index < -0.39 is 12.1 Å². The number of carbonyl (C=O) groups is 1. The van der Waals surface area contributed by atoms with Crippen LogP contribution in [0.25, 0.3) is 0 Å². The summed E-state index contributed by atoms with van der Waals surface area (Å²) in [5.41, 5.74) is 1.12. The van der Waals surface area contributed by atoms with Gasteiger partial charge in [0.2, 0.25) is 5.71 Å². The Kier molecular flexibility index (Phi) is 1.69. The minimum Gasteiger partial charge on any atom is -0.539 e. The molecule has 0 unspecified atom stereocenters. The molecule has 12 heavy (non-hydrogen) atoms. The van der Waals surface area contributed by atoms with Gasteiger partial charge in [0.05, 0.1) is 6.42 Å². The Labute approximate surface area is 70.0 Å². The highest BCUT2D eigenvalue weighted by Gasteiger charge is 2.38. The van der Waals surface area contributed by atoms with Crippen molar-refractivity contribution in [2.24, 2.45) is 0 Å².